The average molecular weight is 598 g/mol. The molecule has 0 aliphatic carbocycles. The normalized spacial score (nSPS) is 12.8. The van der Waals surface area contributed by atoms with E-state index in [0.717, 1.165) is 4.31 Å². The van der Waals surface area contributed by atoms with Gasteiger partial charge in [0, 0.05) is 18.2 Å². The van der Waals surface area contributed by atoms with E-state index >= 15 is 0 Å². The SMILES string of the molecule is CCCN(c1nnc(-c2cccc(OC)n2)n1-c1c(OC)cccc1OC)S(=O)(=O)[C@H](C)[C@H](O)c1ccccc1OC. The fraction of sp³-hybridized carbons (Fsp3) is 0.345. The molecule has 1 N–H and O–H groups in total. The molecule has 0 amide bonds. The predicted octanol–water partition coefficient (Wildman–Crippen LogP) is 4.03. The van der Waals surface area contributed by atoms with Crippen molar-refractivity contribution in [3.8, 4) is 40.3 Å². The number of aliphatic hydroxyl groups is 1. The lowest BCUT2D eigenvalue weighted by Gasteiger charge is -2.30. The number of aromatic nitrogens is 4. The van der Waals surface area contributed by atoms with Crippen LogP contribution in [0.2, 0.25) is 0 Å². The minimum Gasteiger partial charge on any atom is -0.496 e. The first-order valence-corrected chi connectivity index (χ1v) is 14.7. The number of sulfonamides is 1. The van der Waals surface area contributed by atoms with Gasteiger partial charge in [-0.05, 0) is 37.6 Å². The Bertz CT molecular complexity index is 1600. The van der Waals surface area contributed by atoms with Crippen LogP contribution >= 0.6 is 0 Å². The van der Waals surface area contributed by atoms with Crippen LogP contribution in [-0.2, 0) is 10.0 Å². The van der Waals surface area contributed by atoms with Crippen LogP contribution in [0.25, 0.3) is 17.2 Å². The number of hydrogen-bond acceptors (Lipinski definition) is 10. The van der Waals surface area contributed by atoms with Gasteiger partial charge >= 0.3 is 0 Å². The van der Waals surface area contributed by atoms with Gasteiger partial charge in [-0.1, -0.05) is 37.3 Å². The lowest BCUT2D eigenvalue weighted by molar-refractivity contribution is 0.171. The third-order valence-electron chi connectivity index (χ3n) is 6.76. The molecule has 0 radical (unpaired) electrons. The Morgan fingerprint density at radius 3 is 2.10 bits per heavy atom. The fourth-order valence-electron chi connectivity index (χ4n) is 4.59. The number of ether oxygens (including phenoxy) is 4. The summed E-state index contributed by atoms with van der Waals surface area (Å²) in [7, 11) is 1.69. The molecule has 13 heteroatoms. The van der Waals surface area contributed by atoms with Crippen LogP contribution in [0.15, 0.2) is 60.7 Å². The number of pyridine rings is 1. The minimum atomic E-state index is -4.26. The third kappa shape index (κ3) is 5.70. The van der Waals surface area contributed by atoms with Gasteiger partial charge in [0.2, 0.25) is 21.9 Å². The zero-order chi connectivity index (χ0) is 30.4. The summed E-state index contributed by atoms with van der Waals surface area (Å²) < 4.78 is 53.4. The lowest BCUT2D eigenvalue weighted by atomic mass is 10.1. The molecule has 0 saturated heterocycles. The van der Waals surface area contributed by atoms with E-state index in [1.54, 1.807) is 60.7 Å². The first kappa shape index (κ1) is 30.6. The molecule has 0 unspecified atom stereocenters. The summed E-state index contributed by atoms with van der Waals surface area (Å²) >= 11 is 0. The zero-order valence-electron chi connectivity index (χ0n) is 24.4. The number of methoxy groups -OCH3 is 4. The highest BCUT2D eigenvalue weighted by Gasteiger charge is 2.39. The maximum absolute atomic E-state index is 14.3. The summed E-state index contributed by atoms with van der Waals surface area (Å²) in [5, 5.41) is 18.8. The van der Waals surface area contributed by atoms with Crippen LogP contribution in [0.3, 0.4) is 0 Å². The van der Waals surface area contributed by atoms with Gasteiger partial charge in [0.1, 0.15) is 40.0 Å². The van der Waals surface area contributed by atoms with E-state index in [9.17, 15) is 13.5 Å². The summed E-state index contributed by atoms with van der Waals surface area (Å²) in [4.78, 5) is 4.51. The molecule has 12 nitrogen and oxygen atoms in total. The monoisotopic (exact) mass is 597 g/mol. The van der Waals surface area contributed by atoms with Crippen LogP contribution in [0.4, 0.5) is 5.95 Å². The first-order chi connectivity index (χ1) is 20.2. The van der Waals surface area contributed by atoms with E-state index in [2.05, 4.69) is 15.2 Å². The van der Waals surface area contributed by atoms with E-state index in [0.29, 0.717) is 46.5 Å². The Labute approximate surface area is 245 Å². The second-order valence-electron chi connectivity index (χ2n) is 9.24. The second kappa shape index (κ2) is 13.1. The third-order valence-corrected chi connectivity index (χ3v) is 8.92. The van der Waals surface area contributed by atoms with Gasteiger partial charge in [-0.2, -0.15) is 0 Å². The summed E-state index contributed by atoms with van der Waals surface area (Å²) in [6.45, 7) is 3.34. The number of para-hydroxylation sites is 2. The Hall–Kier alpha value is -4.36. The largest absolute Gasteiger partial charge is 0.496 e. The van der Waals surface area contributed by atoms with Crippen molar-refractivity contribution in [2.75, 3.05) is 39.3 Å². The van der Waals surface area contributed by atoms with Crippen LogP contribution in [0.1, 0.15) is 31.9 Å². The van der Waals surface area contributed by atoms with Gasteiger partial charge in [0.05, 0.1) is 28.4 Å². The molecule has 2 atom stereocenters. The molecule has 42 heavy (non-hydrogen) atoms. The highest BCUT2D eigenvalue weighted by Crippen LogP contribution is 2.40. The molecule has 0 fully saturated rings. The Morgan fingerprint density at radius 1 is 0.857 bits per heavy atom. The highest BCUT2D eigenvalue weighted by molar-refractivity contribution is 7.93. The second-order valence-corrected chi connectivity index (χ2v) is 11.5. The van der Waals surface area contributed by atoms with E-state index in [1.807, 2.05) is 6.92 Å². The van der Waals surface area contributed by atoms with Crippen LogP contribution in [-0.4, -0.2) is 73.5 Å². The number of hydrogen-bond donors (Lipinski definition) is 1. The van der Waals surface area contributed by atoms with Crippen molar-refractivity contribution in [2.45, 2.75) is 31.6 Å². The van der Waals surface area contributed by atoms with E-state index < -0.39 is 21.4 Å². The van der Waals surface area contributed by atoms with Crippen LogP contribution < -0.4 is 23.3 Å². The summed E-state index contributed by atoms with van der Waals surface area (Å²) in [6, 6.07) is 17.1. The fourth-order valence-corrected chi connectivity index (χ4v) is 6.24. The standard InChI is InChI=1S/C29H35N5O7S/c1-7-18-33(42(36,37)19(2)27(35)20-12-8-9-14-22(20)38-3)29-32-31-28(21-13-10-17-25(30-21)41-6)34(29)26-23(39-4)15-11-16-24(26)40-5/h8-17,19,27,35H,7,18H2,1-6H3/t19-,27+/m1/s1. The van der Waals surface area contributed by atoms with Crippen molar-refractivity contribution in [1.82, 2.24) is 19.7 Å². The van der Waals surface area contributed by atoms with Crippen LogP contribution in [0, 0.1) is 0 Å². The maximum atomic E-state index is 14.3. The molecule has 0 saturated carbocycles. The van der Waals surface area contributed by atoms with Gasteiger partial charge in [0.25, 0.3) is 0 Å². The number of rotatable bonds is 13. The molecule has 0 bridgehead atoms. The van der Waals surface area contributed by atoms with Crippen LogP contribution in [0.5, 0.6) is 23.1 Å². The van der Waals surface area contributed by atoms with Crippen molar-refractivity contribution in [3.05, 3.63) is 66.2 Å². The molecule has 4 aromatic rings. The number of benzene rings is 2. The van der Waals surface area contributed by atoms with Gasteiger partial charge in [-0.3, -0.25) is 4.57 Å². The number of aliphatic hydroxyl groups excluding tert-OH is 1. The molecule has 224 valence electrons. The zero-order valence-corrected chi connectivity index (χ0v) is 25.2. The highest BCUT2D eigenvalue weighted by atomic mass is 32.2. The molecule has 2 aromatic carbocycles. The van der Waals surface area contributed by atoms with Gasteiger partial charge < -0.3 is 24.1 Å². The molecule has 0 aliphatic heterocycles. The Morgan fingerprint density at radius 2 is 1.48 bits per heavy atom. The van der Waals surface area contributed by atoms with Crippen molar-refractivity contribution in [3.63, 3.8) is 0 Å². The Kier molecular flexibility index (Phi) is 9.53. The molecule has 4 rings (SSSR count). The molecular formula is C29H35N5O7S. The maximum Gasteiger partial charge on any atom is 0.246 e. The summed E-state index contributed by atoms with van der Waals surface area (Å²) in [5.41, 5.74) is 1.09. The smallest absolute Gasteiger partial charge is 0.246 e. The number of anilines is 1. The van der Waals surface area contributed by atoms with E-state index in [1.165, 1.54) is 39.9 Å². The van der Waals surface area contributed by atoms with Crippen molar-refractivity contribution >= 4 is 16.0 Å². The van der Waals surface area contributed by atoms with E-state index in [-0.39, 0.29) is 18.3 Å². The topological polar surface area (TPSA) is 138 Å². The lowest BCUT2D eigenvalue weighted by Crippen LogP contribution is -2.42. The van der Waals surface area contributed by atoms with Crippen molar-refractivity contribution < 1.29 is 32.5 Å². The quantitative estimate of drug-likeness (QED) is 0.240. The van der Waals surface area contributed by atoms with E-state index in [4.69, 9.17) is 18.9 Å². The number of nitrogens with zero attached hydrogens (tertiary/aromatic N) is 5. The molecule has 0 aliphatic rings. The minimum absolute atomic E-state index is 0.0293. The molecule has 2 aromatic heterocycles. The van der Waals surface area contributed by atoms with Gasteiger partial charge in [-0.15, -0.1) is 10.2 Å². The summed E-state index contributed by atoms with van der Waals surface area (Å²) in [5.74, 6) is 1.68. The molecular weight excluding hydrogens is 562 g/mol. The van der Waals surface area contributed by atoms with Crippen molar-refractivity contribution in [1.29, 1.82) is 0 Å². The summed E-state index contributed by atoms with van der Waals surface area (Å²) in [6.07, 6.45) is -0.957. The molecule has 0 spiro atoms. The Balaban J connectivity index is 1.96. The molecule has 2 heterocycles. The first-order valence-electron chi connectivity index (χ1n) is 13.2. The van der Waals surface area contributed by atoms with Gasteiger partial charge in [-0.25, -0.2) is 17.7 Å². The average Bonchev–Trinajstić information content (AvgIpc) is 3.46. The van der Waals surface area contributed by atoms with Crippen molar-refractivity contribution in [2.24, 2.45) is 0 Å². The predicted molar refractivity (Wildman–Crippen MR) is 158 cm³/mol. The van der Waals surface area contributed by atoms with Gasteiger partial charge in [0.15, 0.2) is 5.82 Å².